The maximum atomic E-state index is 10.9. The van der Waals surface area contributed by atoms with E-state index in [1.54, 1.807) is 0 Å². The lowest BCUT2D eigenvalue weighted by Crippen LogP contribution is -2.50. The van der Waals surface area contributed by atoms with Crippen LogP contribution in [-0.2, 0) is 9.53 Å². The smallest absolute Gasteiger partial charge is 0.217 e. The molecule has 3 heteroatoms. The minimum Gasteiger partial charge on any atom is -0.369 e. The van der Waals surface area contributed by atoms with Crippen LogP contribution >= 0.6 is 0 Å². The van der Waals surface area contributed by atoms with E-state index in [2.05, 4.69) is 5.32 Å². The fraction of sp³-hybridized carbons (Fsp3) is 0.364. The fourth-order valence-corrected chi connectivity index (χ4v) is 1.64. The third kappa shape index (κ3) is 1.77. The van der Waals surface area contributed by atoms with Crippen molar-refractivity contribution in [1.29, 1.82) is 0 Å². The number of amides is 1. The van der Waals surface area contributed by atoms with Gasteiger partial charge in [0.25, 0.3) is 0 Å². The minimum atomic E-state index is -0.000712. The Balaban J connectivity index is 2.03. The van der Waals surface area contributed by atoms with E-state index in [9.17, 15) is 4.79 Å². The monoisotopic (exact) mass is 191 g/mol. The normalized spacial score (nSPS) is 25.2. The van der Waals surface area contributed by atoms with E-state index in [0.29, 0.717) is 6.61 Å². The van der Waals surface area contributed by atoms with Gasteiger partial charge in [0, 0.05) is 6.92 Å². The number of carbonyl (C=O) groups excluding carboxylic acids is 1. The molecule has 1 aliphatic rings. The zero-order valence-corrected chi connectivity index (χ0v) is 8.07. The Morgan fingerprint density at radius 3 is 2.64 bits per heavy atom. The highest BCUT2D eigenvalue weighted by Gasteiger charge is 2.33. The number of hydrogen-bond donors (Lipinski definition) is 1. The van der Waals surface area contributed by atoms with Crippen molar-refractivity contribution in [3.8, 4) is 0 Å². The number of hydrogen-bond acceptors (Lipinski definition) is 2. The molecule has 0 unspecified atom stereocenters. The van der Waals surface area contributed by atoms with E-state index < -0.39 is 0 Å². The van der Waals surface area contributed by atoms with Crippen LogP contribution < -0.4 is 5.32 Å². The van der Waals surface area contributed by atoms with Gasteiger partial charge >= 0.3 is 0 Å². The Morgan fingerprint density at radius 2 is 2.14 bits per heavy atom. The highest BCUT2D eigenvalue weighted by atomic mass is 16.5. The van der Waals surface area contributed by atoms with E-state index in [1.165, 1.54) is 6.92 Å². The van der Waals surface area contributed by atoms with Gasteiger partial charge in [0.1, 0.15) is 6.10 Å². The van der Waals surface area contributed by atoms with Crippen molar-refractivity contribution in [2.45, 2.75) is 19.1 Å². The Labute approximate surface area is 83.1 Å². The summed E-state index contributed by atoms with van der Waals surface area (Å²) in [7, 11) is 0. The summed E-state index contributed by atoms with van der Waals surface area (Å²) in [5.74, 6) is -0.000712. The van der Waals surface area contributed by atoms with Crippen LogP contribution in [0, 0.1) is 0 Å². The van der Waals surface area contributed by atoms with Gasteiger partial charge in [0.2, 0.25) is 5.91 Å². The largest absolute Gasteiger partial charge is 0.369 e. The second kappa shape index (κ2) is 3.80. The molecule has 14 heavy (non-hydrogen) atoms. The summed E-state index contributed by atoms with van der Waals surface area (Å²) in [6, 6.07) is 10.1. The molecule has 3 nitrogen and oxygen atoms in total. The first-order valence-electron chi connectivity index (χ1n) is 4.71. The van der Waals surface area contributed by atoms with Gasteiger partial charge in [-0.05, 0) is 5.56 Å². The second-order valence-electron chi connectivity index (χ2n) is 3.47. The van der Waals surface area contributed by atoms with E-state index >= 15 is 0 Å². The van der Waals surface area contributed by atoms with Crippen molar-refractivity contribution in [1.82, 2.24) is 5.32 Å². The minimum absolute atomic E-state index is 0.000712. The predicted molar refractivity (Wildman–Crippen MR) is 52.7 cm³/mol. The summed E-state index contributed by atoms with van der Waals surface area (Å²) < 4.78 is 5.42. The maximum absolute atomic E-state index is 10.9. The van der Waals surface area contributed by atoms with Gasteiger partial charge in [-0.1, -0.05) is 30.3 Å². The van der Waals surface area contributed by atoms with Crippen LogP contribution in [-0.4, -0.2) is 18.6 Å². The van der Waals surface area contributed by atoms with Gasteiger partial charge in [-0.25, -0.2) is 0 Å². The van der Waals surface area contributed by atoms with Crippen molar-refractivity contribution in [2.75, 3.05) is 6.61 Å². The summed E-state index contributed by atoms with van der Waals surface area (Å²) in [5.41, 5.74) is 1.12. The average Bonchev–Trinajstić information content (AvgIpc) is 2.14. The van der Waals surface area contributed by atoms with Gasteiger partial charge in [-0.15, -0.1) is 0 Å². The second-order valence-corrected chi connectivity index (χ2v) is 3.47. The Kier molecular flexibility index (Phi) is 2.50. The third-order valence-electron chi connectivity index (χ3n) is 2.34. The van der Waals surface area contributed by atoms with Gasteiger partial charge < -0.3 is 10.1 Å². The topological polar surface area (TPSA) is 38.3 Å². The predicted octanol–water partition coefficient (Wildman–Crippen LogP) is 1.26. The summed E-state index contributed by atoms with van der Waals surface area (Å²) >= 11 is 0. The molecule has 1 saturated heterocycles. The molecule has 0 saturated carbocycles. The van der Waals surface area contributed by atoms with E-state index in [4.69, 9.17) is 4.74 Å². The third-order valence-corrected chi connectivity index (χ3v) is 2.34. The van der Waals surface area contributed by atoms with E-state index in [0.717, 1.165) is 5.56 Å². The summed E-state index contributed by atoms with van der Waals surface area (Å²) in [6.07, 6.45) is 0.0279. The van der Waals surface area contributed by atoms with Crippen molar-refractivity contribution in [3.63, 3.8) is 0 Å². The number of ether oxygens (including phenoxy) is 1. The first-order valence-corrected chi connectivity index (χ1v) is 4.71. The molecule has 1 aliphatic heterocycles. The molecule has 0 bridgehead atoms. The molecule has 1 amide bonds. The fourth-order valence-electron chi connectivity index (χ4n) is 1.64. The molecule has 0 spiro atoms. The van der Waals surface area contributed by atoms with Crippen LogP contribution in [0.3, 0.4) is 0 Å². The van der Waals surface area contributed by atoms with Gasteiger partial charge in [0.15, 0.2) is 0 Å². The van der Waals surface area contributed by atoms with Crippen LogP contribution in [0.2, 0.25) is 0 Å². The molecule has 1 N–H and O–H groups in total. The zero-order chi connectivity index (χ0) is 9.97. The number of nitrogens with one attached hydrogen (secondary N) is 1. The lowest BCUT2D eigenvalue weighted by molar-refractivity contribution is -0.130. The van der Waals surface area contributed by atoms with Crippen LogP contribution in [0.1, 0.15) is 18.6 Å². The van der Waals surface area contributed by atoms with Crippen molar-refractivity contribution in [2.24, 2.45) is 0 Å². The molecule has 0 aliphatic carbocycles. The molecule has 1 aromatic rings. The number of benzene rings is 1. The maximum Gasteiger partial charge on any atom is 0.217 e. The molecule has 1 aromatic carbocycles. The van der Waals surface area contributed by atoms with E-state index in [-0.39, 0.29) is 18.1 Å². The molecular formula is C11H13NO2. The molecule has 1 fully saturated rings. The number of carbonyl (C=O) groups is 1. The Morgan fingerprint density at radius 1 is 1.43 bits per heavy atom. The molecule has 0 aromatic heterocycles. The molecule has 74 valence electrons. The first kappa shape index (κ1) is 9.21. The average molecular weight is 191 g/mol. The van der Waals surface area contributed by atoms with Gasteiger partial charge in [-0.2, -0.15) is 0 Å². The quantitative estimate of drug-likeness (QED) is 0.764. The van der Waals surface area contributed by atoms with Crippen molar-refractivity contribution < 1.29 is 9.53 Å². The van der Waals surface area contributed by atoms with E-state index in [1.807, 2.05) is 30.3 Å². The van der Waals surface area contributed by atoms with Gasteiger partial charge in [-0.3, -0.25) is 4.79 Å². The van der Waals surface area contributed by atoms with Crippen LogP contribution in [0.25, 0.3) is 0 Å². The van der Waals surface area contributed by atoms with Crippen LogP contribution in [0.5, 0.6) is 0 Å². The molecule has 2 rings (SSSR count). The van der Waals surface area contributed by atoms with Crippen LogP contribution in [0.4, 0.5) is 0 Å². The van der Waals surface area contributed by atoms with Gasteiger partial charge in [0.05, 0.1) is 12.6 Å². The summed E-state index contributed by atoms with van der Waals surface area (Å²) in [6.45, 7) is 2.14. The highest BCUT2D eigenvalue weighted by molar-refractivity contribution is 5.73. The van der Waals surface area contributed by atoms with Crippen molar-refractivity contribution in [3.05, 3.63) is 35.9 Å². The molecular weight excluding hydrogens is 178 g/mol. The summed E-state index contributed by atoms with van der Waals surface area (Å²) in [5, 5.41) is 2.86. The molecule has 2 atom stereocenters. The Bertz CT molecular complexity index is 323. The highest BCUT2D eigenvalue weighted by Crippen LogP contribution is 2.29. The molecule has 0 radical (unpaired) electrons. The lowest BCUT2D eigenvalue weighted by Gasteiger charge is -2.37. The Hall–Kier alpha value is -1.35. The number of rotatable bonds is 2. The summed E-state index contributed by atoms with van der Waals surface area (Å²) in [4.78, 5) is 10.9. The first-order chi connectivity index (χ1) is 6.77. The standard InChI is InChI=1S/C11H13NO2/c1-8(13)12-10-7-14-11(10)9-5-3-2-4-6-9/h2-6,10-11H,7H2,1H3,(H,12,13)/t10-,11+/m0/s1. The molecule has 1 heterocycles. The lowest BCUT2D eigenvalue weighted by atomic mass is 9.98. The zero-order valence-electron chi connectivity index (χ0n) is 8.07. The van der Waals surface area contributed by atoms with Crippen molar-refractivity contribution >= 4 is 5.91 Å². The van der Waals surface area contributed by atoms with Crippen LogP contribution in [0.15, 0.2) is 30.3 Å². The SMILES string of the molecule is CC(=O)N[C@H]1CO[C@@H]1c1ccccc1.